The normalized spacial score (nSPS) is 15.1. The average molecular weight is 588 g/mol. The van der Waals surface area contributed by atoms with Crippen molar-refractivity contribution in [1.82, 2.24) is 9.13 Å². The lowest BCUT2D eigenvalue weighted by atomic mass is 9.97. The molecule has 0 saturated heterocycles. The third-order valence-corrected chi connectivity index (χ3v) is 8.74. The van der Waals surface area contributed by atoms with Gasteiger partial charge >= 0.3 is 11.7 Å². The first-order chi connectivity index (χ1) is 19.5. The number of aryl methyl sites for hydroxylation is 1. The molecule has 0 spiro atoms. The van der Waals surface area contributed by atoms with Crippen LogP contribution in [0.2, 0.25) is 0 Å². The van der Waals surface area contributed by atoms with E-state index in [1.54, 1.807) is 6.92 Å². The van der Waals surface area contributed by atoms with Gasteiger partial charge in [-0.3, -0.25) is 9.36 Å². The van der Waals surface area contributed by atoms with Gasteiger partial charge in [0.05, 0.1) is 24.6 Å². The Balaban J connectivity index is 1.95. The van der Waals surface area contributed by atoms with Crippen LogP contribution >= 0.6 is 11.3 Å². The monoisotopic (exact) mass is 587 g/mol. The second-order valence-corrected chi connectivity index (χ2v) is 11.7. The number of nitrogens with zero attached hydrogens (tertiary/aromatic N) is 3. The molecule has 1 unspecified atom stereocenters. The third-order valence-electron chi connectivity index (χ3n) is 7.52. The maximum absolute atomic E-state index is 14.7. The van der Waals surface area contributed by atoms with Gasteiger partial charge in [0.2, 0.25) is 0 Å². The molecule has 0 amide bonds. The highest BCUT2D eigenvalue weighted by atomic mass is 32.1. The van der Waals surface area contributed by atoms with Gasteiger partial charge in [-0.25, -0.2) is 18.5 Å². The number of methoxy groups -OCH3 is 1. The number of rotatable bonds is 11. The minimum atomic E-state index is -1.89. The molecule has 10 nitrogen and oxygen atoms in total. The molecular formula is C29H34FN3O7S. The molecule has 1 aliphatic carbocycles. The number of benzene rings is 1. The van der Waals surface area contributed by atoms with Crippen LogP contribution in [0.15, 0.2) is 27.8 Å². The van der Waals surface area contributed by atoms with E-state index in [1.807, 2.05) is 0 Å². The molecule has 0 radical (unpaired) electrons. The average Bonchev–Trinajstić information content (AvgIpc) is 3.28. The van der Waals surface area contributed by atoms with Crippen LogP contribution in [-0.2, 0) is 26.4 Å². The van der Waals surface area contributed by atoms with Crippen molar-refractivity contribution in [2.45, 2.75) is 77.2 Å². The zero-order chi connectivity index (χ0) is 29.9. The van der Waals surface area contributed by atoms with Gasteiger partial charge in [-0.15, -0.1) is 11.3 Å². The Morgan fingerprint density at radius 2 is 1.95 bits per heavy atom. The first kappa shape index (κ1) is 30.4. The van der Waals surface area contributed by atoms with Crippen molar-refractivity contribution in [3.63, 3.8) is 0 Å². The summed E-state index contributed by atoms with van der Waals surface area (Å²) in [7, 11) is 1.54. The summed E-state index contributed by atoms with van der Waals surface area (Å²) in [5, 5.41) is 19.7. The molecule has 2 heterocycles. The molecule has 12 heteroatoms. The number of thiophene rings is 1. The van der Waals surface area contributed by atoms with Gasteiger partial charge in [0.1, 0.15) is 45.6 Å². The number of carbonyl (C=O) groups is 1. The van der Waals surface area contributed by atoms with E-state index in [4.69, 9.17) is 14.2 Å². The van der Waals surface area contributed by atoms with Crippen molar-refractivity contribution >= 4 is 27.5 Å². The summed E-state index contributed by atoms with van der Waals surface area (Å²) < 4.78 is 34.2. The van der Waals surface area contributed by atoms with Crippen molar-refractivity contribution in [1.29, 1.82) is 5.26 Å². The van der Waals surface area contributed by atoms with Gasteiger partial charge in [0, 0.05) is 12.7 Å². The molecule has 220 valence electrons. The Labute approximate surface area is 240 Å². The van der Waals surface area contributed by atoms with Gasteiger partial charge in [-0.2, -0.15) is 5.26 Å². The lowest BCUT2D eigenvalue weighted by Gasteiger charge is -2.30. The van der Waals surface area contributed by atoms with Crippen LogP contribution in [0.25, 0.3) is 10.2 Å². The van der Waals surface area contributed by atoms with E-state index in [9.17, 15) is 29.1 Å². The zero-order valence-corrected chi connectivity index (χ0v) is 24.4. The molecule has 1 aromatic carbocycles. The Hall–Kier alpha value is -3.53. The summed E-state index contributed by atoms with van der Waals surface area (Å²) in [6.07, 6.45) is 3.55. The molecule has 1 N–H and O–H groups in total. The number of halogens is 1. The van der Waals surface area contributed by atoms with Crippen LogP contribution in [0.4, 0.5) is 4.39 Å². The van der Waals surface area contributed by atoms with Crippen molar-refractivity contribution in [2.75, 3.05) is 20.3 Å². The van der Waals surface area contributed by atoms with Crippen LogP contribution in [-0.4, -0.2) is 46.6 Å². The van der Waals surface area contributed by atoms with Crippen molar-refractivity contribution < 1.29 is 28.5 Å². The number of hydrogen-bond acceptors (Lipinski definition) is 8. The summed E-state index contributed by atoms with van der Waals surface area (Å²) in [4.78, 5) is 40.2. The summed E-state index contributed by atoms with van der Waals surface area (Å²) in [6.45, 7) is 4.46. The number of fused-ring (bicyclic) bond motifs is 1. The quantitative estimate of drug-likeness (QED) is 0.325. The number of ether oxygens (including phenoxy) is 3. The first-order valence-corrected chi connectivity index (χ1v) is 14.3. The predicted molar refractivity (Wildman–Crippen MR) is 151 cm³/mol. The zero-order valence-electron chi connectivity index (χ0n) is 23.6. The Bertz CT molecular complexity index is 1590. The standard InChI is InChI=1S/C29H34FN3O7S/c1-17-23(15-31)41-26-24(17)25(34)33(29(2,3)27(35)36)28(37)32(26)16-22(40-19-8-6-5-7-9-19)20-14-18(30)10-11-21(20)39-13-12-38-4/h10-11,14,19,22H,5-9,12-13,16H2,1-4H3,(H,35,36). The summed E-state index contributed by atoms with van der Waals surface area (Å²) in [6, 6.07) is 6.12. The number of nitriles is 1. The van der Waals surface area contributed by atoms with Gasteiger partial charge < -0.3 is 19.3 Å². The van der Waals surface area contributed by atoms with Gasteiger partial charge in [0.25, 0.3) is 5.56 Å². The number of aromatic nitrogens is 2. The first-order valence-electron chi connectivity index (χ1n) is 13.5. The number of carboxylic acid groups (broad SMARTS) is 1. The van der Waals surface area contributed by atoms with E-state index in [1.165, 1.54) is 43.7 Å². The number of aliphatic carboxylic acids is 1. The van der Waals surface area contributed by atoms with Crippen molar-refractivity contribution in [3.05, 3.63) is 60.9 Å². The van der Waals surface area contributed by atoms with Gasteiger partial charge in [0.15, 0.2) is 0 Å². The van der Waals surface area contributed by atoms with E-state index in [-0.39, 0.29) is 34.3 Å². The minimum absolute atomic E-state index is 0.0905. The van der Waals surface area contributed by atoms with E-state index >= 15 is 0 Å². The van der Waals surface area contributed by atoms with Crippen LogP contribution in [0.1, 0.15) is 68.1 Å². The highest BCUT2D eigenvalue weighted by molar-refractivity contribution is 7.19. The van der Waals surface area contributed by atoms with Crippen molar-refractivity contribution in [2.24, 2.45) is 0 Å². The highest BCUT2D eigenvalue weighted by Gasteiger charge is 2.36. The van der Waals surface area contributed by atoms with E-state index in [2.05, 4.69) is 6.07 Å². The molecule has 1 aliphatic rings. The van der Waals surface area contributed by atoms with E-state index < -0.39 is 34.7 Å². The number of hydrogen-bond donors (Lipinski definition) is 1. The fraction of sp³-hybridized carbons (Fsp3) is 0.517. The fourth-order valence-electron chi connectivity index (χ4n) is 5.15. The Morgan fingerprint density at radius 1 is 1.24 bits per heavy atom. The molecule has 41 heavy (non-hydrogen) atoms. The van der Waals surface area contributed by atoms with Crippen LogP contribution in [0, 0.1) is 24.1 Å². The summed E-state index contributed by atoms with van der Waals surface area (Å²) in [5.41, 5.74) is -2.81. The molecule has 4 rings (SSSR count). The summed E-state index contributed by atoms with van der Waals surface area (Å²) >= 11 is 0.978. The highest BCUT2D eigenvalue weighted by Crippen LogP contribution is 2.35. The lowest BCUT2D eigenvalue weighted by molar-refractivity contribution is -0.146. The smallest absolute Gasteiger partial charge is 0.333 e. The van der Waals surface area contributed by atoms with Gasteiger partial charge in [-0.1, -0.05) is 19.3 Å². The van der Waals surface area contributed by atoms with E-state index in [0.717, 1.165) is 43.4 Å². The molecule has 1 fully saturated rings. The van der Waals surface area contributed by atoms with Gasteiger partial charge in [-0.05, 0) is 57.4 Å². The fourth-order valence-corrected chi connectivity index (χ4v) is 6.25. The topological polar surface area (TPSA) is 133 Å². The minimum Gasteiger partial charge on any atom is -0.491 e. The maximum atomic E-state index is 14.7. The lowest BCUT2D eigenvalue weighted by Crippen LogP contribution is -2.52. The SMILES string of the molecule is COCCOc1ccc(F)cc1C(Cn1c(=O)n(C(C)(C)C(=O)O)c(=O)c2c(C)c(C#N)sc21)OC1CCCCC1. The molecule has 0 aliphatic heterocycles. The van der Waals surface area contributed by atoms with Crippen LogP contribution < -0.4 is 16.0 Å². The molecule has 2 aromatic heterocycles. The Kier molecular flexibility index (Phi) is 9.31. The third kappa shape index (κ3) is 6.07. The Morgan fingerprint density at radius 3 is 2.59 bits per heavy atom. The van der Waals surface area contributed by atoms with E-state index in [0.29, 0.717) is 28.1 Å². The number of carboxylic acids is 1. The van der Waals surface area contributed by atoms with Crippen LogP contribution in [0.5, 0.6) is 5.75 Å². The molecule has 1 saturated carbocycles. The maximum Gasteiger partial charge on any atom is 0.333 e. The summed E-state index contributed by atoms with van der Waals surface area (Å²) in [5.74, 6) is -1.54. The second-order valence-electron chi connectivity index (χ2n) is 10.7. The predicted octanol–water partition coefficient (Wildman–Crippen LogP) is 4.48. The second kappa shape index (κ2) is 12.5. The molecular weight excluding hydrogens is 553 g/mol. The van der Waals surface area contributed by atoms with Crippen LogP contribution in [0.3, 0.4) is 0 Å². The molecule has 0 bridgehead atoms. The molecule has 3 aromatic rings. The largest absolute Gasteiger partial charge is 0.491 e. The van der Waals surface area contributed by atoms with Crippen molar-refractivity contribution in [3.8, 4) is 11.8 Å². The molecule has 1 atom stereocenters.